The van der Waals surface area contributed by atoms with Gasteiger partial charge in [-0.05, 0) is 14.0 Å². The fourth-order valence-electron chi connectivity index (χ4n) is 0.749. The van der Waals surface area contributed by atoms with Crippen molar-refractivity contribution in [3.05, 3.63) is 0 Å². The van der Waals surface area contributed by atoms with Crippen molar-refractivity contribution in [3.63, 3.8) is 0 Å². The molecule has 0 aromatic rings. The van der Waals surface area contributed by atoms with Crippen LogP contribution in [0.3, 0.4) is 0 Å². The lowest BCUT2D eigenvalue weighted by Gasteiger charge is -2.12. The highest BCUT2D eigenvalue weighted by Gasteiger charge is 2.08. The van der Waals surface area contributed by atoms with E-state index in [-0.39, 0.29) is 19.1 Å². The lowest BCUT2D eigenvalue weighted by molar-refractivity contribution is -0.144. The second-order valence-corrected chi connectivity index (χ2v) is 2.44. The predicted molar refractivity (Wildman–Crippen MR) is 43.3 cm³/mol. The Balaban J connectivity index is 3.61. The molecule has 5 nitrogen and oxygen atoms in total. The first-order chi connectivity index (χ1) is 5.56. The maximum atomic E-state index is 10.8. The number of ether oxygens (including phenoxy) is 1. The molecule has 0 atom stereocenters. The SMILES string of the molecule is CCOC(=O)CN(C)CC(N)=O. The van der Waals surface area contributed by atoms with Gasteiger partial charge in [0.15, 0.2) is 0 Å². The van der Waals surface area contributed by atoms with Crippen molar-refractivity contribution in [2.24, 2.45) is 5.73 Å². The number of hydrogen-bond donors (Lipinski definition) is 1. The number of rotatable bonds is 5. The minimum Gasteiger partial charge on any atom is -0.465 e. The largest absolute Gasteiger partial charge is 0.465 e. The Morgan fingerprint density at radius 1 is 1.42 bits per heavy atom. The number of nitrogens with zero attached hydrogens (tertiary/aromatic N) is 1. The van der Waals surface area contributed by atoms with Crippen LogP contribution in [0.4, 0.5) is 0 Å². The third kappa shape index (κ3) is 5.67. The highest BCUT2D eigenvalue weighted by atomic mass is 16.5. The van der Waals surface area contributed by atoms with Gasteiger partial charge in [-0.1, -0.05) is 0 Å². The number of amides is 1. The molecule has 0 fully saturated rings. The molecule has 0 aliphatic carbocycles. The molecule has 1 amide bonds. The topological polar surface area (TPSA) is 72.6 Å². The molecule has 0 aliphatic rings. The molecule has 70 valence electrons. The van der Waals surface area contributed by atoms with E-state index in [4.69, 9.17) is 5.73 Å². The molecular formula is C7H14N2O3. The monoisotopic (exact) mass is 174 g/mol. The third-order valence-electron chi connectivity index (χ3n) is 1.13. The van der Waals surface area contributed by atoms with E-state index in [0.29, 0.717) is 6.61 Å². The predicted octanol–water partition coefficient (Wildman–Crippen LogP) is -1.03. The Hall–Kier alpha value is -1.10. The van der Waals surface area contributed by atoms with Gasteiger partial charge in [0.1, 0.15) is 0 Å². The molecule has 0 bridgehead atoms. The fourth-order valence-corrected chi connectivity index (χ4v) is 0.749. The van der Waals surface area contributed by atoms with E-state index < -0.39 is 5.91 Å². The normalized spacial score (nSPS) is 9.92. The second kappa shape index (κ2) is 5.54. The quantitative estimate of drug-likeness (QED) is 0.541. The average molecular weight is 174 g/mol. The zero-order chi connectivity index (χ0) is 9.56. The van der Waals surface area contributed by atoms with Crippen LogP contribution in [0.15, 0.2) is 0 Å². The van der Waals surface area contributed by atoms with Crippen LogP contribution in [0.25, 0.3) is 0 Å². The lowest BCUT2D eigenvalue weighted by atomic mass is 10.5. The Labute approximate surface area is 71.5 Å². The molecule has 0 aromatic carbocycles. The van der Waals surface area contributed by atoms with Crippen molar-refractivity contribution < 1.29 is 14.3 Å². The van der Waals surface area contributed by atoms with Gasteiger partial charge in [0.2, 0.25) is 5.91 Å². The fraction of sp³-hybridized carbons (Fsp3) is 0.714. The zero-order valence-corrected chi connectivity index (χ0v) is 7.37. The van der Waals surface area contributed by atoms with Gasteiger partial charge in [0.25, 0.3) is 0 Å². The van der Waals surface area contributed by atoms with E-state index >= 15 is 0 Å². The standard InChI is InChI=1S/C7H14N2O3/c1-3-12-7(11)5-9(2)4-6(8)10/h3-5H2,1-2H3,(H2,8,10). The van der Waals surface area contributed by atoms with Crippen LogP contribution in [0.5, 0.6) is 0 Å². The summed E-state index contributed by atoms with van der Waals surface area (Å²) in [6, 6.07) is 0. The highest BCUT2D eigenvalue weighted by Crippen LogP contribution is 1.84. The van der Waals surface area contributed by atoms with Crippen molar-refractivity contribution >= 4 is 11.9 Å². The Kier molecular flexibility index (Phi) is 5.03. The van der Waals surface area contributed by atoms with Crippen molar-refractivity contribution in [2.45, 2.75) is 6.92 Å². The van der Waals surface area contributed by atoms with Crippen LogP contribution in [0.2, 0.25) is 0 Å². The summed E-state index contributed by atoms with van der Waals surface area (Å²) in [6.45, 7) is 2.24. The van der Waals surface area contributed by atoms with Crippen LogP contribution in [-0.2, 0) is 14.3 Å². The molecule has 0 aliphatic heterocycles. The molecule has 0 rings (SSSR count). The summed E-state index contributed by atoms with van der Waals surface area (Å²) in [4.78, 5) is 22.7. The maximum absolute atomic E-state index is 10.8. The van der Waals surface area contributed by atoms with Gasteiger partial charge in [-0.3, -0.25) is 14.5 Å². The maximum Gasteiger partial charge on any atom is 0.320 e. The van der Waals surface area contributed by atoms with Crippen LogP contribution >= 0.6 is 0 Å². The summed E-state index contributed by atoms with van der Waals surface area (Å²) in [5.41, 5.74) is 4.91. The van der Waals surface area contributed by atoms with Crippen LogP contribution in [-0.4, -0.2) is 43.5 Å². The molecule has 0 saturated heterocycles. The van der Waals surface area contributed by atoms with Crippen molar-refractivity contribution in [1.82, 2.24) is 4.90 Å². The van der Waals surface area contributed by atoms with E-state index in [0.717, 1.165) is 0 Å². The molecule has 0 aromatic heterocycles. The first-order valence-corrected chi connectivity index (χ1v) is 3.68. The van der Waals surface area contributed by atoms with Gasteiger partial charge >= 0.3 is 5.97 Å². The summed E-state index contributed by atoms with van der Waals surface area (Å²) < 4.78 is 4.66. The van der Waals surface area contributed by atoms with Crippen LogP contribution < -0.4 is 5.73 Å². The molecule has 0 saturated carbocycles. The molecule has 0 unspecified atom stereocenters. The number of primary amides is 1. The van der Waals surface area contributed by atoms with Gasteiger partial charge in [-0.25, -0.2) is 0 Å². The number of carbonyl (C=O) groups is 2. The van der Waals surface area contributed by atoms with Crippen LogP contribution in [0, 0.1) is 0 Å². The van der Waals surface area contributed by atoms with Gasteiger partial charge in [0.05, 0.1) is 19.7 Å². The lowest BCUT2D eigenvalue weighted by Crippen LogP contribution is -2.35. The van der Waals surface area contributed by atoms with E-state index in [1.807, 2.05) is 0 Å². The van der Waals surface area contributed by atoms with Crippen molar-refractivity contribution in [2.75, 3.05) is 26.7 Å². The smallest absolute Gasteiger partial charge is 0.320 e. The summed E-state index contributed by atoms with van der Waals surface area (Å²) in [6.07, 6.45) is 0. The minimum absolute atomic E-state index is 0.0683. The number of carbonyl (C=O) groups excluding carboxylic acids is 2. The van der Waals surface area contributed by atoms with Gasteiger partial charge in [-0.2, -0.15) is 0 Å². The van der Waals surface area contributed by atoms with Gasteiger partial charge < -0.3 is 10.5 Å². The molecule has 0 spiro atoms. The van der Waals surface area contributed by atoms with Crippen LogP contribution in [0.1, 0.15) is 6.92 Å². The van der Waals surface area contributed by atoms with Gasteiger partial charge in [-0.15, -0.1) is 0 Å². The Morgan fingerprint density at radius 2 is 2.00 bits per heavy atom. The Morgan fingerprint density at radius 3 is 2.42 bits per heavy atom. The molecular weight excluding hydrogens is 160 g/mol. The first-order valence-electron chi connectivity index (χ1n) is 3.68. The van der Waals surface area contributed by atoms with Crippen molar-refractivity contribution in [3.8, 4) is 0 Å². The minimum atomic E-state index is -0.457. The van der Waals surface area contributed by atoms with E-state index in [1.54, 1.807) is 14.0 Å². The summed E-state index contributed by atoms with van der Waals surface area (Å²) >= 11 is 0. The van der Waals surface area contributed by atoms with Crippen molar-refractivity contribution in [1.29, 1.82) is 0 Å². The average Bonchev–Trinajstić information content (AvgIpc) is 1.84. The number of nitrogens with two attached hydrogens (primary N) is 1. The van der Waals surface area contributed by atoms with Gasteiger partial charge in [0, 0.05) is 0 Å². The zero-order valence-electron chi connectivity index (χ0n) is 7.37. The molecule has 12 heavy (non-hydrogen) atoms. The number of hydrogen-bond acceptors (Lipinski definition) is 4. The Bertz CT molecular complexity index is 170. The third-order valence-corrected chi connectivity index (χ3v) is 1.13. The molecule has 2 N–H and O–H groups in total. The first kappa shape index (κ1) is 10.9. The summed E-state index contributed by atoms with van der Waals surface area (Å²) in [7, 11) is 1.63. The van der Waals surface area contributed by atoms with E-state index in [9.17, 15) is 9.59 Å². The summed E-state index contributed by atoms with van der Waals surface area (Å²) in [5.74, 6) is -0.803. The van der Waals surface area contributed by atoms with E-state index in [2.05, 4.69) is 4.74 Å². The number of likely N-dealkylation sites (N-methyl/N-ethyl adjacent to an activating group) is 1. The molecule has 0 radical (unpaired) electrons. The van der Waals surface area contributed by atoms with E-state index in [1.165, 1.54) is 4.90 Å². The summed E-state index contributed by atoms with van der Waals surface area (Å²) in [5, 5.41) is 0. The number of esters is 1. The second-order valence-electron chi connectivity index (χ2n) is 2.44. The highest BCUT2D eigenvalue weighted by molar-refractivity contribution is 5.77. The molecule has 5 heteroatoms. The molecule has 0 heterocycles.